The van der Waals surface area contributed by atoms with E-state index in [0.29, 0.717) is 50.2 Å². The SMILES string of the molecule is C=CCOc1ccc(Cl)cc1C(c1c(C)[nH]n(-c2ccccc2)c1=O)c1c(C)[nH]n(-c2ccccc2)c1=O. The van der Waals surface area contributed by atoms with Gasteiger partial charge in [0, 0.05) is 22.0 Å². The lowest BCUT2D eigenvalue weighted by molar-refractivity contribution is 0.358. The number of ether oxygens (including phenoxy) is 1. The Balaban J connectivity index is 1.82. The topological polar surface area (TPSA) is 84.8 Å². The Hall–Kier alpha value is -4.49. The highest BCUT2D eigenvalue weighted by molar-refractivity contribution is 6.30. The van der Waals surface area contributed by atoms with Gasteiger partial charge in [0.15, 0.2) is 0 Å². The molecule has 0 atom stereocenters. The lowest BCUT2D eigenvalue weighted by Crippen LogP contribution is -2.25. The maximum Gasteiger partial charge on any atom is 0.275 e. The van der Waals surface area contributed by atoms with E-state index in [0.717, 1.165) is 0 Å². The molecule has 2 aromatic heterocycles. The van der Waals surface area contributed by atoms with Crippen LogP contribution in [-0.2, 0) is 0 Å². The summed E-state index contributed by atoms with van der Waals surface area (Å²) in [5.74, 6) is -0.257. The third-order valence-corrected chi connectivity index (χ3v) is 6.71. The van der Waals surface area contributed by atoms with Gasteiger partial charge in [-0.05, 0) is 56.3 Å². The van der Waals surface area contributed by atoms with Crippen LogP contribution in [0.2, 0.25) is 5.02 Å². The van der Waals surface area contributed by atoms with Crippen LogP contribution in [0.1, 0.15) is 34.0 Å². The minimum atomic E-state index is -0.768. The van der Waals surface area contributed by atoms with Gasteiger partial charge >= 0.3 is 0 Å². The maximum absolute atomic E-state index is 14.0. The molecule has 0 saturated heterocycles. The van der Waals surface area contributed by atoms with Gasteiger partial charge in [-0.25, -0.2) is 9.36 Å². The summed E-state index contributed by atoms with van der Waals surface area (Å²) in [6.07, 6.45) is 1.64. The minimum Gasteiger partial charge on any atom is -0.489 e. The molecular weight excluding hydrogens is 500 g/mol. The molecule has 2 N–H and O–H groups in total. The molecule has 5 rings (SSSR count). The second-order valence-corrected chi connectivity index (χ2v) is 9.40. The van der Waals surface area contributed by atoms with Crippen LogP contribution in [0.4, 0.5) is 0 Å². The van der Waals surface area contributed by atoms with Crippen LogP contribution in [0.5, 0.6) is 5.75 Å². The molecule has 0 spiro atoms. The zero-order chi connectivity index (χ0) is 26.8. The van der Waals surface area contributed by atoms with Crippen LogP contribution in [0.25, 0.3) is 11.4 Å². The van der Waals surface area contributed by atoms with E-state index in [9.17, 15) is 9.59 Å². The predicted molar refractivity (Wildman–Crippen MR) is 150 cm³/mol. The lowest BCUT2D eigenvalue weighted by atomic mass is 9.84. The van der Waals surface area contributed by atoms with E-state index in [1.807, 2.05) is 74.5 Å². The Morgan fingerprint density at radius 2 is 1.34 bits per heavy atom. The quantitative estimate of drug-likeness (QED) is 0.256. The van der Waals surface area contributed by atoms with Crippen molar-refractivity contribution in [3.05, 3.63) is 145 Å². The van der Waals surface area contributed by atoms with Crippen molar-refractivity contribution in [3.63, 3.8) is 0 Å². The summed E-state index contributed by atoms with van der Waals surface area (Å²) >= 11 is 6.47. The fourth-order valence-electron chi connectivity index (χ4n) is 4.80. The monoisotopic (exact) mass is 526 g/mol. The van der Waals surface area contributed by atoms with Gasteiger partial charge in [-0.1, -0.05) is 60.7 Å². The summed E-state index contributed by atoms with van der Waals surface area (Å²) in [5, 5.41) is 6.86. The highest BCUT2D eigenvalue weighted by atomic mass is 35.5. The molecule has 5 aromatic rings. The number of aryl methyl sites for hydroxylation is 2. The Morgan fingerprint density at radius 3 is 1.82 bits per heavy atom. The molecule has 7 nitrogen and oxygen atoms in total. The first-order valence-corrected chi connectivity index (χ1v) is 12.6. The van der Waals surface area contributed by atoms with Crippen molar-refractivity contribution < 1.29 is 4.74 Å². The second kappa shape index (κ2) is 10.5. The summed E-state index contributed by atoms with van der Waals surface area (Å²) in [7, 11) is 0. The second-order valence-electron chi connectivity index (χ2n) is 8.97. The van der Waals surface area contributed by atoms with Crippen molar-refractivity contribution >= 4 is 11.6 Å². The van der Waals surface area contributed by atoms with Crippen LogP contribution >= 0.6 is 11.6 Å². The standard InChI is InChI=1S/C30H27ClN4O3/c1-4-17-38-25-16-15-21(31)18-24(25)28(26-19(2)32-34(29(26)36)22-11-7-5-8-12-22)27-20(3)33-35(30(27)37)23-13-9-6-10-14-23/h4-16,18,28,32-33H,1,17H2,2-3H3. The van der Waals surface area contributed by atoms with Gasteiger partial charge in [-0.15, -0.1) is 0 Å². The van der Waals surface area contributed by atoms with Crippen LogP contribution in [-0.4, -0.2) is 26.2 Å². The number of para-hydroxylation sites is 2. The summed E-state index contributed by atoms with van der Waals surface area (Å²) in [4.78, 5) is 28.0. The molecule has 0 saturated carbocycles. The highest BCUT2D eigenvalue weighted by Crippen LogP contribution is 2.38. The largest absolute Gasteiger partial charge is 0.489 e. The minimum absolute atomic E-state index is 0.252. The third-order valence-electron chi connectivity index (χ3n) is 6.48. The van der Waals surface area contributed by atoms with Crippen molar-refractivity contribution in [2.45, 2.75) is 19.8 Å². The van der Waals surface area contributed by atoms with Crippen molar-refractivity contribution in [1.82, 2.24) is 19.6 Å². The smallest absolute Gasteiger partial charge is 0.275 e. The molecule has 2 heterocycles. The molecule has 8 heteroatoms. The number of aromatic nitrogens is 4. The fourth-order valence-corrected chi connectivity index (χ4v) is 4.98. The van der Waals surface area contributed by atoms with Gasteiger partial charge in [0.2, 0.25) is 0 Å². The van der Waals surface area contributed by atoms with E-state index in [4.69, 9.17) is 16.3 Å². The zero-order valence-electron chi connectivity index (χ0n) is 21.1. The number of nitrogens with zero attached hydrogens (tertiary/aromatic N) is 2. The summed E-state index contributed by atoms with van der Waals surface area (Å²) in [5.41, 5.74) is 3.57. The number of hydrogen-bond donors (Lipinski definition) is 2. The molecule has 0 fully saturated rings. The molecule has 0 aliphatic carbocycles. The lowest BCUT2D eigenvalue weighted by Gasteiger charge is -2.20. The summed E-state index contributed by atoms with van der Waals surface area (Å²) in [6.45, 7) is 7.66. The number of rotatable bonds is 8. The number of H-pyrrole nitrogens is 2. The average molecular weight is 527 g/mol. The van der Waals surface area contributed by atoms with Crippen molar-refractivity contribution in [2.75, 3.05) is 6.61 Å². The first kappa shape index (κ1) is 25.2. The summed E-state index contributed by atoms with van der Waals surface area (Å²) in [6, 6.07) is 23.8. The molecule has 38 heavy (non-hydrogen) atoms. The van der Waals surface area contributed by atoms with Crippen LogP contribution < -0.4 is 15.9 Å². The molecule has 3 aromatic carbocycles. The van der Waals surface area contributed by atoms with Crippen LogP contribution in [0.3, 0.4) is 0 Å². The van der Waals surface area contributed by atoms with Gasteiger partial charge < -0.3 is 4.74 Å². The van der Waals surface area contributed by atoms with Gasteiger partial charge in [0.05, 0.1) is 28.4 Å². The molecular formula is C30H27ClN4O3. The average Bonchev–Trinajstić information content (AvgIpc) is 3.39. The molecule has 0 radical (unpaired) electrons. The molecule has 0 aliphatic heterocycles. The molecule has 0 unspecified atom stereocenters. The van der Waals surface area contributed by atoms with Gasteiger partial charge in [-0.3, -0.25) is 19.8 Å². The van der Waals surface area contributed by atoms with E-state index in [1.54, 1.807) is 24.3 Å². The van der Waals surface area contributed by atoms with E-state index in [2.05, 4.69) is 16.8 Å². The fraction of sp³-hybridized carbons (Fsp3) is 0.133. The predicted octanol–water partition coefficient (Wildman–Crippen LogP) is 5.66. The Labute approximate surface area is 224 Å². The highest BCUT2D eigenvalue weighted by Gasteiger charge is 2.33. The molecule has 0 amide bonds. The Kier molecular flexibility index (Phi) is 6.94. The molecule has 0 aliphatic rings. The Morgan fingerprint density at radius 1 is 0.842 bits per heavy atom. The number of hydrogen-bond acceptors (Lipinski definition) is 3. The van der Waals surface area contributed by atoms with Gasteiger partial charge in [0.1, 0.15) is 12.4 Å². The Bertz CT molecular complexity index is 1610. The van der Waals surface area contributed by atoms with E-state index in [1.165, 1.54) is 9.36 Å². The van der Waals surface area contributed by atoms with E-state index in [-0.39, 0.29) is 17.7 Å². The molecule has 0 bridgehead atoms. The van der Waals surface area contributed by atoms with Gasteiger partial charge in [-0.2, -0.15) is 0 Å². The summed E-state index contributed by atoms with van der Waals surface area (Å²) < 4.78 is 8.97. The van der Waals surface area contributed by atoms with Crippen molar-refractivity contribution in [3.8, 4) is 17.1 Å². The number of nitrogens with one attached hydrogen (secondary N) is 2. The maximum atomic E-state index is 14.0. The molecule has 192 valence electrons. The number of halogens is 1. The normalized spacial score (nSPS) is 11.2. The zero-order valence-corrected chi connectivity index (χ0v) is 21.8. The van der Waals surface area contributed by atoms with Crippen LogP contribution in [0, 0.1) is 13.8 Å². The van der Waals surface area contributed by atoms with Gasteiger partial charge in [0.25, 0.3) is 11.1 Å². The van der Waals surface area contributed by atoms with Crippen LogP contribution in [0.15, 0.2) is 101 Å². The van der Waals surface area contributed by atoms with E-state index < -0.39 is 5.92 Å². The van der Waals surface area contributed by atoms with Crippen molar-refractivity contribution in [1.29, 1.82) is 0 Å². The third kappa shape index (κ3) is 4.53. The number of aromatic amines is 2. The first-order valence-electron chi connectivity index (χ1n) is 12.2. The number of benzene rings is 3. The van der Waals surface area contributed by atoms with Crippen molar-refractivity contribution in [2.24, 2.45) is 0 Å². The first-order chi connectivity index (χ1) is 18.4. The van der Waals surface area contributed by atoms with E-state index >= 15 is 0 Å².